The summed E-state index contributed by atoms with van der Waals surface area (Å²) in [6.45, 7) is 3.92. The number of carboxylic acid groups (broad SMARTS) is 2. The van der Waals surface area contributed by atoms with Gasteiger partial charge in [-0.05, 0) is 49.3 Å². The maximum Gasteiger partial charge on any atom is 0.414 e. The maximum atomic E-state index is 9.10. The fraction of sp³-hybridized carbons (Fsp3) is 0.312. The van der Waals surface area contributed by atoms with Gasteiger partial charge in [0.2, 0.25) is 0 Å². The molecule has 6 nitrogen and oxygen atoms in total. The molecule has 6 heteroatoms. The van der Waals surface area contributed by atoms with Crippen LogP contribution >= 0.6 is 0 Å². The number of nitrogens with zero attached hydrogens (tertiary/aromatic N) is 1. The second kappa shape index (κ2) is 13.2. The van der Waals surface area contributed by atoms with Crippen LogP contribution in [0.15, 0.2) is 96.6 Å². The van der Waals surface area contributed by atoms with Crippen LogP contribution in [0, 0.1) is 6.92 Å². The van der Waals surface area contributed by atoms with E-state index in [2.05, 4.69) is 103 Å². The van der Waals surface area contributed by atoms with Crippen molar-refractivity contribution in [3.05, 3.63) is 119 Å². The average Bonchev–Trinajstić information content (AvgIpc) is 3.15. The number of carboxylic acids is 2. The average molecular weight is 514 g/mol. The Morgan fingerprint density at radius 1 is 0.842 bits per heavy atom. The van der Waals surface area contributed by atoms with Gasteiger partial charge in [-0.15, -0.1) is 0 Å². The maximum absolute atomic E-state index is 9.10. The van der Waals surface area contributed by atoms with Crippen molar-refractivity contribution in [2.75, 3.05) is 6.61 Å². The molecular weight excluding hydrogens is 478 g/mol. The summed E-state index contributed by atoms with van der Waals surface area (Å²) < 4.78 is 6.45. The van der Waals surface area contributed by atoms with Crippen LogP contribution in [0.3, 0.4) is 0 Å². The Balaban J connectivity index is 0.000000505. The molecule has 0 saturated carbocycles. The van der Waals surface area contributed by atoms with Crippen molar-refractivity contribution in [3.8, 4) is 0 Å². The molecule has 0 aromatic heterocycles. The Morgan fingerprint density at radius 3 is 1.82 bits per heavy atom. The highest BCUT2D eigenvalue weighted by Crippen LogP contribution is 2.39. The molecule has 2 aliphatic heterocycles. The summed E-state index contributed by atoms with van der Waals surface area (Å²) in [4.78, 5) is 20.9. The number of aryl methyl sites for hydroxylation is 1. The van der Waals surface area contributed by atoms with Gasteiger partial charge in [0.05, 0.1) is 6.61 Å². The molecule has 2 fully saturated rings. The molecule has 3 aromatic carbocycles. The predicted molar refractivity (Wildman–Crippen MR) is 147 cm³/mol. The largest absolute Gasteiger partial charge is 0.473 e. The highest BCUT2D eigenvalue weighted by atomic mass is 16.5. The number of hydrogen-bond acceptors (Lipinski definition) is 4. The third-order valence-electron chi connectivity index (χ3n) is 7.28. The Kier molecular flexibility index (Phi) is 9.46. The van der Waals surface area contributed by atoms with Crippen LogP contribution in [0.2, 0.25) is 0 Å². The number of aliphatic carboxylic acids is 2. The van der Waals surface area contributed by atoms with E-state index in [4.69, 9.17) is 24.5 Å². The summed E-state index contributed by atoms with van der Waals surface area (Å²) in [6.07, 6.45) is 7.37. The molecule has 0 spiro atoms. The molecule has 3 aromatic rings. The molecule has 0 unspecified atom stereocenters. The van der Waals surface area contributed by atoms with Gasteiger partial charge in [-0.1, -0.05) is 102 Å². The molecular formula is C32H35NO5. The van der Waals surface area contributed by atoms with E-state index < -0.39 is 11.9 Å². The first-order valence-corrected chi connectivity index (χ1v) is 13.1. The molecule has 0 radical (unpaired) electrons. The molecule has 0 amide bonds. The van der Waals surface area contributed by atoms with Crippen molar-refractivity contribution in [3.63, 3.8) is 0 Å². The second-order valence-corrected chi connectivity index (χ2v) is 9.96. The first-order valence-electron chi connectivity index (χ1n) is 13.1. The Bertz CT molecular complexity index is 1160. The lowest BCUT2D eigenvalue weighted by molar-refractivity contribution is -0.159. The van der Waals surface area contributed by atoms with E-state index in [9.17, 15) is 0 Å². The standard InChI is InChI=1S/C30H33NO.C2H2O4/c1-23-12-14-24(15-13-23)22-31-28-16-17-29(31)21-25(20-28)18-19-32-30(26-8-4-2-5-9-26)27-10-6-3-7-11-27;3-1(4)2(5)6/h2-15,18,28-30H,16-17,19-22H2,1H3;(H,3,4)(H,5,6)/t28-,29+;. The Labute approximate surface area is 224 Å². The molecule has 2 aliphatic rings. The highest BCUT2D eigenvalue weighted by molar-refractivity contribution is 6.27. The zero-order valence-electron chi connectivity index (χ0n) is 21.7. The summed E-state index contributed by atoms with van der Waals surface area (Å²) in [5, 5.41) is 14.8. The van der Waals surface area contributed by atoms with Crippen molar-refractivity contribution in [1.29, 1.82) is 0 Å². The Morgan fingerprint density at radius 2 is 1.34 bits per heavy atom. The van der Waals surface area contributed by atoms with E-state index in [-0.39, 0.29) is 6.10 Å². The van der Waals surface area contributed by atoms with Crippen molar-refractivity contribution in [2.45, 2.75) is 57.3 Å². The molecule has 2 saturated heterocycles. The zero-order chi connectivity index (χ0) is 26.9. The van der Waals surface area contributed by atoms with E-state index in [1.54, 1.807) is 5.57 Å². The van der Waals surface area contributed by atoms with Crippen LogP contribution in [0.1, 0.15) is 54.0 Å². The van der Waals surface area contributed by atoms with Crippen molar-refractivity contribution >= 4 is 11.9 Å². The number of rotatable bonds is 7. The minimum absolute atomic E-state index is 0.0207. The van der Waals surface area contributed by atoms with Gasteiger partial charge in [0, 0.05) is 18.6 Å². The number of fused-ring (bicyclic) bond motifs is 2. The van der Waals surface area contributed by atoms with E-state index in [1.807, 2.05) is 0 Å². The SMILES string of the molecule is Cc1ccc(CN2[C@@H]3CC[C@H]2CC(=CCOC(c2ccccc2)c2ccccc2)C3)cc1.O=C(O)C(=O)O. The third kappa shape index (κ3) is 7.40. The van der Waals surface area contributed by atoms with Gasteiger partial charge in [0.15, 0.2) is 0 Å². The van der Waals surface area contributed by atoms with Gasteiger partial charge in [-0.3, -0.25) is 4.90 Å². The molecule has 2 atom stereocenters. The van der Waals surface area contributed by atoms with Gasteiger partial charge < -0.3 is 14.9 Å². The van der Waals surface area contributed by atoms with Gasteiger partial charge in [-0.2, -0.15) is 0 Å². The summed E-state index contributed by atoms with van der Waals surface area (Å²) in [5.41, 5.74) is 6.79. The molecule has 2 bridgehead atoms. The van der Waals surface area contributed by atoms with Crippen molar-refractivity contribution < 1.29 is 24.5 Å². The number of carbonyl (C=O) groups is 2. The second-order valence-electron chi connectivity index (χ2n) is 9.96. The highest BCUT2D eigenvalue weighted by Gasteiger charge is 2.38. The van der Waals surface area contributed by atoms with E-state index in [0.717, 1.165) is 6.54 Å². The first kappa shape index (κ1) is 27.3. The molecule has 2 N–H and O–H groups in total. The van der Waals surface area contributed by atoms with Crippen LogP contribution in [-0.4, -0.2) is 45.7 Å². The van der Waals surface area contributed by atoms with E-state index >= 15 is 0 Å². The van der Waals surface area contributed by atoms with Crippen molar-refractivity contribution in [1.82, 2.24) is 4.90 Å². The molecule has 38 heavy (non-hydrogen) atoms. The monoisotopic (exact) mass is 513 g/mol. The van der Waals surface area contributed by atoms with Crippen molar-refractivity contribution in [2.24, 2.45) is 0 Å². The van der Waals surface area contributed by atoms with Crippen LogP contribution in [0.4, 0.5) is 0 Å². The lowest BCUT2D eigenvalue weighted by atomic mass is 9.95. The minimum atomic E-state index is -1.82. The first-order chi connectivity index (χ1) is 18.4. The molecule has 198 valence electrons. The number of ether oxygens (including phenoxy) is 1. The summed E-state index contributed by atoms with van der Waals surface area (Å²) in [6, 6.07) is 31.6. The fourth-order valence-electron chi connectivity index (χ4n) is 5.37. The van der Waals surface area contributed by atoms with Gasteiger partial charge in [0.25, 0.3) is 0 Å². The predicted octanol–water partition coefficient (Wildman–Crippen LogP) is 6.01. The summed E-state index contributed by atoms with van der Waals surface area (Å²) >= 11 is 0. The van der Waals surface area contributed by atoms with Crippen LogP contribution in [-0.2, 0) is 20.9 Å². The van der Waals surface area contributed by atoms with Gasteiger partial charge >= 0.3 is 11.9 Å². The van der Waals surface area contributed by atoms with Crippen LogP contribution in [0.25, 0.3) is 0 Å². The smallest absolute Gasteiger partial charge is 0.414 e. The summed E-state index contributed by atoms with van der Waals surface area (Å²) in [7, 11) is 0. The lowest BCUT2D eigenvalue weighted by Gasteiger charge is -2.36. The van der Waals surface area contributed by atoms with E-state index in [0.29, 0.717) is 18.7 Å². The molecule has 5 rings (SSSR count). The fourth-order valence-corrected chi connectivity index (χ4v) is 5.37. The summed E-state index contributed by atoms with van der Waals surface area (Å²) in [5.74, 6) is -3.65. The van der Waals surface area contributed by atoms with Crippen LogP contribution in [0.5, 0.6) is 0 Å². The number of benzene rings is 3. The minimum Gasteiger partial charge on any atom is -0.473 e. The molecule has 2 heterocycles. The number of hydrogen-bond donors (Lipinski definition) is 2. The van der Waals surface area contributed by atoms with Gasteiger partial charge in [-0.25, -0.2) is 9.59 Å². The zero-order valence-corrected chi connectivity index (χ0v) is 21.7. The third-order valence-corrected chi connectivity index (χ3v) is 7.28. The topological polar surface area (TPSA) is 87.1 Å². The Hall–Kier alpha value is -3.74. The molecule has 0 aliphatic carbocycles. The quantitative estimate of drug-likeness (QED) is 0.297. The normalized spacial score (nSPS) is 19.7. The van der Waals surface area contributed by atoms with E-state index in [1.165, 1.54) is 47.9 Å². The lowest BCUT2D eigenvalue weighted by Crippen LogP contribution is -2.39. The van der Waals surface area contributed by atoms with Gasteiger partial charge in [0.1, 0.15) is 6.10 Å². The number of piperidine rings is 1. The van der Waals surface area contributed by atoms with Crippen LogP contribution < -0.4 is 0 Å².